The van der Waals surface area contributed by atoms with Gasteiger partial charge in [0.05, 0.1) is 11.3 Å². The van der Waals surface area contributed by atoms with Crippen molar-refractivity contribution in [1.29, 1.82) is 0 Å². The van der Waals surface area contributed by atoms with Crippen molar-refractivity contribution in [1.82, 2.24) is 10.2 Å². The van der Waals surface area contributed by atoms with Crippen molar-refractivity contribution in [3.63, 3.8) is 0 Å². The summed E-state index contributed by atoms with van der Waals surface area (Å²) in [7, 11) is -3.84. The zero-order valence-corrected chi connectivity index (χ0v) is 15.7. The first-order valence-electron chi connectivity index (χ1n) is 8.52. The first-order chi connectivity index (χ1) is 13.4. The van der Waals surface area contributed by atoms with Crippen LogP contribution in [0.4, 0.5) is 23.0 Å². The van der Waals surface area contributed by atoms with Crippen molar-refractivity contribution in [2.24, 2.45) is 0 Å². The number of rotatable bonds is 5. The lowest BCUT2D eigenvalue weighted by Gasteiger charge is -2.09. The molecular weight excluding hydrogens is 378 g/mol. The van der Waals surface area contributed by atoms with Crippen LogP contribution >= 0.6 is 0 Å². The molecule has 0 radical (unpaired) electrons. The van der Waals surface area contributed by atoms with E-state index in [0.29, 0.717) is 17.1 Å². The number of anilines is 4. The first-order valence-corrected chi connectivity index (χ1v) is 10.0. The molecule has 1 aromatic heterocycles. The summed E-state index contributed by atoms with van der Waals surface area (Å²) in [6, 6.07) is 15.4. The van der Waals surface area contributed by atoms with Gasteiger partial charge in [-0.1, -0.05) is 12.1 Å². The van der Waals surface area contributed by atoms with E-state index in [0.717, 1.165) is 11.3 Å². The quantitative estimate of drug-likeness (QED) is 0.612. The van der Waals surface area contributed by atoms with E-state index < -0.39 is 10.0 Å². The topological polar surface area (TPSA) is 113 Å². The number of hydrogen-bond acceptors (Lipinski definition) is 6. The van der Waals surface area contributed by atoms with Gasteiger partial charge in [0.2, 0.25) is 5.91 Å². The zero-order valence-electron chi connectivity index (χ0n) is 14.9. The Kier molecular flexibility index (Phi) is 4.44. The maximum Gasteiger partial charge on any atom is 0.263 e. The van der Waals surface area contributed by atoms with E-state index in [1.807, 2.05) is 31.2 Å². The molecule has 0 unspecified atom stereocenters. The third-order valence-electron chi connectivity index (χ3n) is 4.21. The molecule has 0 atom stereocenters. The van der Waals surface area contributed by atoms with E-state index in [9.17, 15) is 13.2 Å². The number of nitrogens with one attached hydrogen (secondary N) is 3. The lowest BCUT2D eigenvalue weighted by Crippen LogP contribution is -2.14. The largest absolute Gasteiger partial charge is 0.339 e. The molecular formula is C19H17N5O3S. The van der Waals surface area contributed by atoms with Gasteiger partial charge < -0.3 is 10.6 Å². The number of carbonyl (C=O) groups excluding carboxylic acids is 1. The molecule has 0 saturated heterocycles. The van der Waals surface area contributed by atoms with Gasteiger partial charge in [0, 0.05) is 11.4 Å². The number of hydrogen-bond donors (Lipinski definition) is 3. The van der Waals surface area contributed by atoms with Gasteiger partial charge in [-0.05, 0) is 60.5 Å². The lowest BCUT2D eigenvalue weighted by atomic mass is 10.2. The first kappa shape index (κ1) is 17.9. The van der Waals surface area contributed by atoms with E-state index in [4.69, 9.17) is 0 Å². The average molecular weight is 395 g/mol. The van der Waals surface area contributed by atoms with Crippen LogP contribution in [0.5, 0.6) is 0 Å². The number of sulfonamides is 1. The molecule has 0 spiro atoms. The predicted molar refractivity (Wildman–Crippen MR) is 106 cm³/mol. The van der Waals surface area contributed by atoms with E-state index in [-0.39, 0.29) is 23.0 Å². The lowest BCUT2D eigenvalue weighted by molar-refractivity contribution is -0.115. The predicted octanol–water partition coefficient (Wildman–Crippen LogP) is 2.82. The van der Waals surface area contributed by atoms with Crippen LogP contribution < -0.4 is 15.4 Å². The second-order valence-electron chi connectivity index (χ2n) is 6.45. The molecule has 0 fully saturated rings. The average Bonchev–Trinajstić information content (AvgIpc) is 3.02. The molecule has 1 aliphatic rings. The molecule has 28 heavy (non-hydrogen) atoms. The minimum atomic E-state index is -3.84. The Morgan fingerprint density at radius 2 is 1.79 bits per heavy atom. The summed E-state index contributed by atoms with van der Waals surface area (Å²) in [5.74, 6) is 0.445. The highest BCUT2D eigenvalue weighted by atomic mass is 32.2. The van der Waals surface area contributed by atoms with E-state index >= 15 is 0 Å². The minimum Gasteiger partial charge on any atom is -0.339 e. The van der Waals surface area contributed by atoms with Crippen LogP contribution in [0.1, 0.15) is 11.1 Å². The molecule has 0 bridgehead atoms. The molecule has 3 N–H and O–H groups in total. The van der Waals surface area contributed by atoms with Crippen LogP contribution in [0, 0.1) is 6.92 Å². The number of aryl methyl sites for hydroxylation is 1. The fraction of sp³-hybridized carbons (Fsp3) is 0.105. The highest BCUT2D eigenvalue weighted by molar-refractivity contribution is 7.92. The summed E-state index contributed by atoms with van der Waals surface area (Å²) in [5, 5.41) is 13.7. The molecule has 4 rings (SSSR count). The normalized spacial score (nSPS) is 13.0. The summed E-state index contributed by atoms with van der Waals surface area (Å²) in [4.78, 5) is 11.5. The van der Waals surface area contributed by atoms with Gasteiger partial charge in [-0.25, -0.2) is 8.42 Å². The zero-order chi connectivity index (χ0) is 19.7. The number of carbonyl (C=O) groups is 1. The Bertz CT molecular complexity index is 1160. The second-order valence-corrected chi connectivity index (χ2v) is 8.13. The third-order valence-corrected chi connectivity index (χ3v) is 5.56. The van der Waals surface area contributed by atoms with Crippen LogP contribution in [-0.2, 0) is 21.2 Å². The molecule has 8 nitrogen and oxygen atoms in total. The number of amides is 1. The number of nitrogens with zero attached hydrogens (tertiary/aromatic N) is 2. The van der Waals surface area contributed by atoms with Gasteiger partial charge >= 0.3 is 0 Å². The van der Waals surface area contributed by atoms with Gasteiger partial charge in [0.25, 0.3) is 10.0 Å². The SMILES string of the molecule is Cc1cccc(Nc2ccc(NS(=O)(=O)c3ccc4c(c3)CC(=O)N4)nn2)c1. The van der Waals surface area contributed by atoms with Crippen LogP contribution in [0.2, 0.25) is 0 Å². The van der Waals surface area contributed by atoms with Crippen molar-refractivity contribution in [3.05, 3.63) is 65.7 Å². The van der Waals surface area contributed by atoms with Crippen LogP contribution in [-0.4, -0.2) is 24.5 Å². The molecule has 0 saturated carbocycles. The van der Waals surface area contributed by atoms with Crippen molar-refractivity contribution < 1.29 is 13.2 Å². The van der Waals surface area contributed by atoms with Crippen LogP contribution in [0.25, 0.3) is 0 Å². The Balaban J connectivity index is 1.49. The van der Waals surface area contributed by atoms with Crippen molar-refractivity contribution in [2.45, 2.75) is 18.2 Å². The number of benzene rings is 2. The van der Waals surface area contributed by atoms with Crippen LogP contribution in [0.3, 0.4) is 0 Å². The summed E-state index contributed by atoms with van der Waals surface area (Å²) >= 11 is 0. The smallest absolute Gasteiger partial charge is 0.263 e. The number of fused-ring (bicyclic) bond motifs is 1. The summed E-state index contributed by atoms with van der Waals surface area (Å²) < 4.78 is 27.6. The molecule has 2 heterocycles. The van der Waals surface area contributed by atoms with Gasteiger partial charge in [-0.2, -0.15) is 0 Å². The standard InChI is InChI=1S/C19H17N5O3S/c1-12-3-2-4-14(9-12)20-17-7-8-18(23-22-17)24-28(26,27)15-5-6-16-13(10-15)11-19(25)21-16/h2-10H,11H2,1H3,(H,20,22)(H,21,25)(H,23,24). The fourth-order valence-electron chi connectivity index (χ4n) is 2.89. The Morgan fingerprint density at radius 3 is 2.54 bits per heavy atom. The number of aromatic nitrogens is 2. The van der Waals surface area contributed by atoms with Gasteiger partial charge in [-0.3, -0.25) is 9.52 Å². The molecule has 142 valence electrons. The van der Waals surface area contributed by atoms with Crippen LogP contribution in [0.15, 0.2) is 59.5 Å². The molecule has 1 amide bonds. The Morgan fingerprint density at radius 1 is 1.00 bits per heavy atom. The summed E-state index contributed by atoms with van der Waals surface area (Å²) in [6.07, 6.45) is 0.165. The van der Waals surface area contributed by atoms with E-state index in [1.54, 1.807) is 12.1 Å². The minimum absolute atomic E-state index is 0.0616. The van der Waals surface area contributed by atoms with Gasteiger partial charge in [0.15, 0.2) is 11.6 Å². The Hall–Kier alpha value is -3.46. The maximum atomic E-state index is 12.6. The molecule has 9 heteroatoms. The van der Waals surface area contributed by atoms with Crippen molar-refractivity contribution >= 4 is 38.9 Å². The van der Waals surface area contributed by atoms with Gasteiger partial charge in [0.1, 0.15) is 0 Å². The fourth-order valence-corrected chi connectivity index (χ4v) is 3.94. The highest BCUT2D eigenvalue weighted by Gasteiger charge is 2.22. The molecule has 3 aromatic rings. The molecule has 0 aliphatic carbocycles. The third kappa shape index (κ3) is 3.79. The summed E-state index contributed by atoms with van der Waals surface area (Å²) in [5.41, 5.74) is 3.25. The molecule has 1 aliphatic heterocycles. The van der Waals surface area contributed by atoms with E-state index in [1.165, 1.54) is 18.2 Å². The monoisotopic (exact) mass is 395 g/mol. The Labute approximate surface area is 162 Å². The van der Waals surface area contributed by atoms with Crippen molar-refractivity contribution in [2.75, 3.05) is 15.4 Å². The van der Waals surface area contributed by atoms with Gasteiger partial charge in [-0.15, -0.1) is 10.2 Å². The molecule has 2 aromatic carbocycles. The second kappa shape index (κ2) is 6.93. The van der Waals surface area contributed by atoms with Crippen molar-refractivity contribution in [3.8, 4) is 0 Å². The maximum absolute atomic E-state index is 12.6. The summed E-state index contributed by atoms with van der Waals surface area (Å²) in [6.45, 7) is 1.99. The van der Waals surface area contributed by atoms with E-state index in [2.05, 4.69) is 25.6 Å². The highest BCUT2D eigenvalue weighted by Crippen LogP contribution is 2.26.